The zero-order chi connectivity index (χ0) is 25.6. The average molecular weight is 480 g/mol. The summed E-state index contributed by atoms with van der Waals surface area (Å²) in [6.45, 7) is 22.8. The summed E-state index contributed by atoms with van der Waals surface area (Å²) >= 11 is 0. The van der Waals surface area contributed by atoms with Crippen molar-refractivity contribution < 1.29 is 13.2 Å². The highest BCUT2D eigenvalue weighted by molar-refractivity contribution is 5.44. The fraction of sp³-hybridized carbons (Fsp3) is 0.643. The van der Waals surface area contributed by atoms with Gasteiger partial charge in [0.2, 0.25) is 0 Å². The predicted octanol–water partition coefficient (Wildman–Crippen LogP) is 6.90. The molecule has 2 rings (SSSR count). The lowest BCUT2D eigenvalue weighted by Gasteiger charge is -2.43. The maximum absolute atomic E-state index is 13.5. The number of likely N-dealkylation sites (N-methyl/N-ethyl adjacent to an activating group) is 1. The van der Waals surface area contributed by atoms with Crippen LogP contribution in [0.1, 0.15) is 53.4 Å². The molecule has 0 saturated carbocycles. The van der Waals surface area contributed by atoms with Crippen LogP contribution in [-0.2, 0) is 0 Å². The second-order valence-electron chi connectivity index (χ2n) is 10.3. The molecule has 0 aromatic carbocycles. The Kier molecular flexibility index (Phi) is 9.96. The highest BCUT2D eigenvalue weighted by atomic mass is 19.4. The molecule has 1 N–H and O–H groups in total. The molecule has 34 heavy (non-hydrogen) atoms. The predicted molar refractivity (Wildman–Crippen MR) is 137 cm³/mol. The van der Waals surface area contributed by atoms with Crippen LogP contribution in [0.4, 0.5) is 13.2 Å². The lowest BCUT2D eigenvalue weighted by Crippen LogP contribution is -2.43. The van der Waals surface area contributed by atoms with Crippen LogP contribution in [0.3, 0.4) is 0 Å². The van der Waals surface area contributed by atoms with Gasteiger partial charge in [-0.3, -0.25) is 0 Å². The number of halogens is 3. The summed E-state index contributed by atoms with van der Waals surface area (Å²) in [4.78, 5) is 4.32. The Bertz CT molecular complexity index is 790. The van der Waals surface area contributed by atoms with E-state index in [1.807, 2.05) is 18.9 Å². The van der Waals surface area contributed by atoms with Crippen molar-refractivity contribution in [2.75, 3.05) is 33.2 Å². The van der Waals surface area contributed by atoms with Gasteiger partial charge in [0, 0.05) is 50.3 Å². The van der Waals surface area contributed by atoms with E-state index in [0.29, 0.717) is 24.9 Å². The van der Waals surface area contributed by atoms with Crippen molar-refractivity contribution in [1.82, 2.24) is 15.1 Å². The Morgan fingerprint density at radius 2 is 1.35 bits per heavy atom. The van der Waals surface area contributed by atoms with Crippen molar-refractivity contribution in [2.45, 2.75) is 59.6 Å². The Labute approximate surface area is 205 Å². The van der Waals surface area contributed by atoms with Gasteiger partial charge in [-0.1, -0.05) is 39.7 Å². The first-order valence-corrected chi connectivity index (χ1v) is 12.5. The summed E-state index contributed by atoms with van der Waals surface area (Å²) in [7, 11) is 1.86. The maximum Gasteiger partial charge on any atom is 0.397 e. The standard InChI is InChI=1S/C28H44F3N3/c1-19(2)26(22(6)32-8)10-9-21(5)33-15-11-24(12-16-33)25-13-17-34(18-14-25)23(7)27(20(3)4)28(29,30)31/h9-10,20,24-25,27,32H,1,6-7,11-18H2,2-5,8H3/b21-9+,26-10+. The zero-order valence-corrected chi connectivity index (χ0v) is 21.8. The van der Waals surface area contributed by atoms with E-state index >= 15 is 0 Å². The molecule has 3 nitrogen and oxygen atoms in total. The van der Waals surface area contributed by atoms with Crippen LogP contribution >= 0.6 is 0 Å². The van der Waals surface area contributed by atoms with Crippen LogP contribution in [0.5, 0.6) is 0 Å². The number of nitrogens with zero attached hydrogens (tertiary/aromatic N) is 2. The minimum atomic E-state index is -4.24. The molecule has 2 fully saturated rings. The molecule has 2 aliphatic heterocycles. The van der Waals surface area contributed by atoms with E-state index in [0.717, 1.165) is 55.6 Å². The number of hydrogen-bond acceptors (Lipinski definition) is 3. The van der Waals surface area contributed by atoms with Gasteiger partial charge in [0.05, 0.1) is 5.92 Å². The van der Waals surface area contributed by atoms with Gasteiger partial charge in [-0.25, -0.2) is 0 Å². The molecule has 0 spiro atoms. The van der Waals surface area contributed by atoms with E-state index in [2.05, 4.69) is 49.0 Å². The molecule has 0 radical (unpaired) electrons. The third-order valence-electron chi connectivity index (χ3n) is 7.61. The quantitative estimate of drug-likeness (QED) is 0.363. The minimum Gasteiger partial charge on any atom is -0.388 e. The van der Waals surface area contributed by atoms with Gasteiger partial charge in [0.1, 0.15) is 0 Å². The highest BCUT2D eigenvalue weighted by Gasteiger charge is 2.45. The number of allylic oxidation sites excluding steroid dienone is 5. The maximum atomic E-state index is 13.5. The Hall–Kier alpha value is -2.11. The number of hydrogen-bond donors (Lipinski definition) is 1. The van der Waals surface area contributed by atoms with Gasteiger partial charge < -0.3 is 15.1 Å². The van der Waals surface area contributed by atoms with Crippen molar-refractivity contribution in [3.8, 4) is 0 Å². The fourth-order valence-corrected chi connectivity index (χ4v) is 5.47. The Morgan fingerprint density at radius 3 is 1.74 bits per heavy atom. The highest BCUT2D eigenvalue weighted by Crippen LogP contribution is 2.40. The zero-order valence-electron chi connectivity index (χ0n) is 21.8. The number of rotatable bonds is 9. The van der Waals surface area contributed by atoms with Gasteiger partial charge in [-0.2, -0.15) is 13.2 Å². The number of piperidine rings is 2. The number of likely N-dealkylation sites (tertiary alicyclic amines) is 2. The molecule has 2 heterocycles. The van der Waals surface area contributed by atoms with Crippen molar-refractivity contribution in [2.24, 2.45) is 23.7 Å². The van der Waals surface area contributed by atoms with E-state index in [9.17, 15) is 13.2 Å². The van der Waals surface area contributed by atoms with Crippen LogP contribution in [0.2, 0.25) is 0 Å². The summed E-state index contributed by atoms with van der Waals surface area (Å²) in [5, 5.41) is 3.09. The molecule has 1 unspecified atom stereocenters. The third kappa shape index (κ3) is 7.19. The van der Waals surface area contributed by atoms with Crippen LogP contribution in [0.15, 0.2) is 60.1 Å². The summed E-state index contributed by atoms with van der Waals surface area (Å²) in [6, 6.07) is 0. The smallest absolute Gasteiger partial charge is 0.388 e. The molecule has 0 bridgehead atoms. The van der Waals surface area contributed by atoms with E-state index in [1.54, 1.807) is 13.8 Å². The van der Waals surface area contributed by atoms with E-state index in [-0.39, 0.29) is 5.70 Å². The molecule has 192 valence electrons. The molecule has 6 heteroatoms. The second kappa shape index (κ2) is 12.0. The van der Waals surface area contributed by atoms with E-state index in [4.69, 9.17) is 0 Å². The molecule has 0 aromatic rings. The van der Waals surface area contributed by atoms with Gasteiger partial charge in [0.25, 0.3) is 0 Å². The Balaban J connectivity index is 1.90. The summed E-state index contributed by atoms with van der Waals surface area (Å²) in [5.41, 5.74) is 4.35. The van der Waals surface area contributed by atoms with Gasteiger partial charge in [0.15, 0.2) is 0 Å². The van der Waals surface area contributed by atoms with Gasteiger partial charge in [-0.05, 0) is 74.5 Å². The summed E-state index contributed by atoms with van der Waals surface area (Å²) in [6.07, 6.45) is 4.17. The molecule has 2 saturated heterocycles. The topological polar surface area (TPSA) is 18.5 Å². The molecular weight excluding hydrogens is 435 g/mol. The molecule has 2 aliphatic rings. The van der Waals surface area contributed by atoms with Crippen LogP contribution < -0.4 is 5.32 Å². The van der Waals surface area contributed by atoms with Crippen LogP contribution in [0.25, 0.3) is 0 Å². The third-order valence-corrected chi connectivity index (χ3v) is 7.61. The van der Waals surface area contributed by atoms with Crippen molar-refractivity contribution >= 4 is 0 Å². The summed E-state index contributed by atoms with van der Waals surface area (Å²) in [5.74, 6) is -0.712. The molecular formula is C28H44F3N3. The lowest BCUT2D eigenvalue weighted by molar-refractivity contribution is -0.179. The largest absolute Gasteiger partial charge is 0.397 e. The van der Waals surface area contributed by atoms with E-state index < -0.39 is 18.0 Å². The van der Waals surface area contributed by atoms with Gasteiger partial charge >= 0.3 is 6.18 Å². The SMILES string of the molecule is C=C(C)/C(=C\C=C(/C)N1CCC(C2CCN(C(=C)C(C(C)C)C(F)(F)F)CC2)CC1)C(=C)NC. The van der Waals surface area contributed by atoms with Crippen molar-refractivity contribution in [3.05, 3.63) is 60.1 Å². The molecule has 0 aliphatic carbocycles. The monoisotopic (exact) mass is 479 g/mol. The average Bonchev–Trinajstić information content (AvgIpc) is 2.77. The number of nitrogens with one attached hydrogen (secondary N) is 1. The first-order chi connectivity index (χ1) is 15.9. The first-order valence-electron chi connectivity index (χ1n) is 12.5. The molecule has 1 atom stereocenters. The lowest BCUT2D eigenvalue weighted by atomic mass is 9.78. The fourth-order valence-electron chi connectivity index (χ4n) is 5.47. The Morgan fingerprint density at radius 1 is 0.882 bits per heavy atom. The molecule has 0 amide bonds. The van der Waals surface area contributed by atoms with Crippen molar-refractivity contribution in [3.63, 3.8) is 0 Å². The van der Waals surface area contributed by atoms with Crippen LogP contribution in [0, 0.1) is 23.7 Å². The normalized spacial score (nSPS) is 20.5. The van der Waals surface area contributed by atoms with Gasteiger partial charge in [-0.15, -0.1) is 0 Å². The second-order valence-corrected chi connectivity index (χ2v) is 10.3. The van der Waals surface area contributed by atoms with Crippen molar-refractivity contribution in [1.29, 1.82) is 0 Å². The van der Waals surface area contributed by atoms with E-state index in [1.165, 1.54) is 5.70 Å². The summed E-state index contributed by atoms with van der Waals surface area (Å²) < 4.78 is 40.6. The first kappa shape index (κ1) is 28.1. The minimum absolute atomic E-state index is 0.250. The molecule has 0 aromatic heterocycles. The number of alkyl halides is 3. The van der Waals surface area contributed by atoms with Crippen LogP contribution in [-0.4, -0.2) is 49.2 Å².